The second-order valence-electron chi connectivity index (χ2n) is 6.35. The number of hydrogen-bond donors (Lipinski definition) is 1. The maximum Gasteiger partial charge on any atom is 0.255 e. The summed E-state index contributed by atoms with van der Waals surface area (Å²) in [4.78, 5) is 21.8. The third-order valence-corrected chi connectivity index (χ3v) is 4.54. The lowest BCUT2D eigenvalue weighted by atomic mass is 10.1. The molecule has 2 aromatic rings. The highest BCUT2D eigenvalue weighted by Gasteiger charge is 2.29. The second-order valence-corrected chi connectivity index (χ2v) is 6.35. The van der Waals surface area contributed by atoms with E-state index in [1.54, 1.807) is 0 Å². The van der Waals surface area contributed by atoms with Gasteiger partial charge in [0.15, 0.2) is 0 Å². The minimum Gasteiger partial charge on any atom is -0.310 e. The summed E-state index contributed by atoms with van der Waals surface area (Å²) in [5.74, 6) is 0.0986. The van der Waals surface area contributed by atoms with Crippen molar-refractivity contribution in [2.45, 2.75) is 38.3 Å². The zero-order valence-electron chi connectivity index (χ0n) is 12.6. The average molecular weight is 317 g/mol. The molecule has 1 aliphatic heterocycles. The summed E-state index contributed by atoms with van der Waals surface area (Å²) in [6, 6.07) is 3.61. The molecular formula is C17H17F2N3O. The molecule has 1 aliphatic carbocycles. The molecular weight excluding hydrogens is 300 g/mol. The monoisotopic (exact) mass is 317 g/mol. The topological polar surface area (TPSA) is 49.0 Å². The van der Waals surface area contributed by atoms with E-state index in [-0.39, 0.29) is 5.56 Å². The van der Waals surface area contributed by atoms with Gasteiger partial charge in [-0.15, -0.1) is 0 Å². The van der Waals surface area contributed by atoms with Gasteiger partial charge in [-0.05, 0) is 18.9 Å². The number of halogens is 2. The number of benzene rings is 1. The van der Waals surface area contributed by atoms with E-state index in [1.165, 1.54) is 12.1 Å². The third-order valence-electron chi connectivity index (χ3n) is 4.54. The molecule has 23 heavy (non-hydrogen) atoms. The number of rotatable bonds is 3. The molecule has 4 nitrogen and oxygen atoms in total. The molecule has 1 saturated carbocycles. The Hall–Kier alpha value is -2.08. The Morgan fingerprint density at radius 1 is 1.30 bits per heavy atom. The van der Waals surface area contributed by atoms with Crippen molar-refractivity contribution in [3.63, 3.8) is 0 Å². The van der Waals surface area contributed by atoms with Gasteiger partial charge in [0.1, 0.15) is 17.5 Å². The van der Waals surface area contributed by atoms with Gasteiger partial charge in [0, 0.05) is 43.6 Å². The number of hydrogen-bond acceptors (Lipinski definition) is 3. The Kier molecular flexibility index (Phi) is 3.49. The van der Waals surface area contributed by atoms with Crippen molar-refractivity contribution < 1.29 is 8.78 Å². The van der Waals surface area contributed by atoms with Gasteiger partial charge in [0.2, 0.25) is 0 Å². The molecule has 4 rings (SSSR count). The third kappa shape index (κ3) is 2.91. The Morgan fingerprint density at radius 3 is 2.87 bits per heavy atom. The number of fused-ring (bicyclic) bond motifs is 1. The van der Waals surface area contributed by atoms with Crippen molar-refractivity contribution in [1.82, 2.24) is 14.9 Å². The minimum absolute atomic E-state index is 0.0822. The molecule has 120 valence electrons. The zero-order valence-corrected chi connectivity index (χ0v) is 12.6. The zero-order chi connectivity index (χ0) is 16.0. The lowest BCUT2D eigenvalue weighted by Gasteiger charge is -2.27. The van der Waals surface area contributed by atoms with Crippen LogP contribution in [-0.4, -0.2) is 21.4 Å². The van der Waals surface area contributed by atoms with Gasteiger partial charge in [0.05, 0.1) is 11.3 Å². The van der Waals surface area contributed by atoms with Gasteiger partial charge in [-0.3, -0.25) is 9.69 Å². The average Bonchev–Trinajstić information content (AvgIpc) is 3.35. The predicted molar refractivity (Wildman–Crippen MR) is 81.0 cm³/mol. The van der Waals surface area contributed by atoms with E-state index >= 15 is 0 Å². The van der Waals surface area contributed by atoms with Crippen LogP contribution in [0.25, 0.3) is 0 Å². The minimum atomic E-state index is -0.580. The van der Waals surface area contributed by atoms with E-state index in [0.29, 0.717) is 43.1 Å². The van der Waals surface area contributed by atoms with Crippen molar-refractivity contribution in [3.8, 4) is 0 Å². The first-order valence-corrected chi connectivity index (χ1v) is 7.88. The fourth-order valence-electron chi connectivity index (χ4n) is 3.08. The lowest BCUT2D eigenvalue weighted by Crippen LogP contribution is -2.36. The number of nitrogens with zero attached hydrogens (tertiary/aromatic N) is 2. The standard InChI is InChI=1S/C17H17F2N3O/c18-12-4-3-11(14(19)7-12)8-22-6-5-15-13(9-22)17(23)21-16(20-15)10-1-2-10/h3-4,7,10H,1-2,5-6,8-9H2,(H,20,21,23). The summed E-state index contributed by atoms with van der Waals surface area (Å²) in [5, 5.41) is 0. The van der Waals surface area contributed by atoms with Crippen molar-refractivity contribution in [2.24, 2.45) is 0 Å². The Labute approximate surface area is 132 Å². The number of H-pyrrole nitrogens is 1. The summed E-state index contributed by atoms with van der Waals surface area (Å²) < 4.78 is 26.8. The summed E-state index contributed by atoms with van der Waals surface area (Å²) in [6.07, 6.45) is 2.87. The van der Waals surface area contributed by atoms with E-state index < -0.39 is 11.6 Å². The molecule has 0 unspecified atom stereocenters. The first kappa shape index (κ1) is 14.5. The van der Waals surface area contributed by atoms with Gasteiger partial charge in [-0.25, -0.2) is 13.8 Å². The van der Waals surface area contributed by atoms with Crippen molar-refractivity contribution in [1.29, 1.82) is 0 Å². The van der Waals surface area contributed by atoms with Gasteiger partial charge in [0.25, 0.3) is 5.56 Å². The molecule has 0 spiro atoms. The van der Waals surface area contributed by atoms with E-state index in [9.17, 15) is 13.6 Å². The summed E-state index contributed by atoms with van der Waals surface area (Å²) in [6.45, 7) is 1.51. The molecule has 1 aromatic heterocycles. The van der Waals surface area contributed by atoms with E-state index in [2.05, 4.69) is 9.97 Å². The first-order chi connectivity index (χ1) is 11.1. The molecule has 0 amide bonds. The van der Waals surface area contributed by atoms with Crippen LogP contribution < -0.4 is 5.56 Å². The van der Waals surface area contributed by atoms with Crippen LogP contribution in [0.1, 0.15) is 41.4 Å². The molecule has 0 saturated heterocycles. The Bertz CT molecular complexity index is 814. The largest absolute Gasteiger partial charge is 0.310 e. The van der Waals surface area contributed by atoms with Gasteiger partial charge >= 0.3 is 0 Å². The van der Waals surface area contributed by atoms with Crippen molar-refractivity contribution in [3.05, 3.63) is 62.8 Å². The van der Waals surface area contributed by atoms with Gasteiger partial charge in [-0.1, -0.05) is 6.07 Å². The van der Waals surface area contributed by atoms with Crippen molar-refractivity contribution in [2.75, 3.05) is 6.54 Å². The molecule has 2 heterocycles. The van der Waals surface area contributed by atoms with Crippen LogP contribution in [0.3, 0.4) is 0 Å². The summed E-state index contributed by atoms with van der Waals surface area (Å²) >= 11 is 0. The number of aromatic amines is 1. The SMILES string of the molecule is O=c1[nH]c(C2CC2)nc2c1CN(Cc1ccc(F)cc1F)CC2. The molecule has 0 atom stereocenters. The molecule has 1 aromatic carbocycles. The van der Waals surface area contributed by atoms with Crippen molar-refractivity contribution >= 4 is 0 Å². The molecule has 0 bridgehead atoms. The highest BCUT2D eigenvalue weighted by molar-refractivity contribution is 5.24. The molecule has 1 N–H and O–H groups in total. The van der Waals surface area contributed by atoms with Crippen LogP contribution in [0.15, 0.2) is 23.0 Å². The quantitative estimate of drug-likeness (QED) is 0.946. The van der Waals surface area contributed by atoms with Gasteiger partial charge in [-0.2, -0.15) is 0 Å². The van der Waals surface area contributed by atoms with E-state index in [0.717, 1.165) is 30.4 Å². The highest BCUT2D eigenvalue weighted by atomic mass is 19.1. The van der Waals surface area contributed by atoms with Crippen LogP contribution in [0.2, 0.25) is 0 Å². The normalized spacial score (nSPS) is 18.0. The Balaban J connectivity index is 1.55. The van der Waals surface area contributed by atoms with E-state index in [1.807, 2.05) is 4.90 Å². The maximum absolute atomic E-state index is 13.8. The van der Waals surface area contributed by atoms with Crippen LogP contribution in [0, 0.1) is 11.6 Å². The molecule has 0 radical (unpaired) electrons. The first-order valence-electron chi connectivity index (χ1n) is 7.88. The molecule has 1 fully saturated rings. The highest BCUT2D eigenvalue weighted by Crippen LogP contribution is 2.37. The molecule has 6 heteroatoms. The van der Waals surface area contributed by atoms with E-state index in [4.69, 9.17) is 0 Å². The Morgan fingerprint density at radius 2 is 2.13 bits per heavy atom. The fourth-order valence-corrected chi connectivity index (χ4v) is 3.08. The maximum atomic E-state index is 13.8. The van der Waals surface area contributed by atoms with Gasteiger partial charge < -0.3 is 4.98 Å². The number of aromatic nitrogens is 2. The summed E-state index contributed by atoms with van der Waals surface area (Å²) in [5.41, 5.74) is 1.89. The fraction of sp³-hybridized carbons (Fsp3) is 0.412. The number of nitrogens with one attached hydrogen (secondary N) is 1. The van der Waals surface area contributed by atoms with Crippen LogP contribution in [0.4, 0.5) is 8.78 Å². The summed E-state index contributed by atoms with van der Waals surface area (Å²) in [7, 11) is 0. The predicted octanol–water partition coefficient (Wildman–Crippen LogP) is 2.48. The van der Waals surface area contributed by atoms with Crippen LogP contribution >= 0.6 is 0 Å². The van der Waals surface area contributed by atoms with Crippen LogP contribution in [0.5, 0.6) is 0 Å². The van der Waals surface area contributed by atoms with Crippen LogP contribution in [-0.2, 0) is 19.5 Å². The molecule has 2 aliphatic rings. The lowest BCUT2D eigenvalue weighted by molar-refractivity contribution is 0.238. The second kappa shape index (κ2) is 5.53. The smallest absolute Gasteiger partial charge is 0.255 e.